The van der Waals surface area contributed by atoms with Crippen molar-refractivity contribution < 1.29 is 0 Å². The van der Waals surface area contributed by atoms with Crippen molar-refractivity contribution in [1.82, 2.24) is 0 Å². The molecule has 1 nitrogen and oxygen atoms in total. The first kappa shape index (κ1) is 27.2. The summed E-state index contributed by atoms with van der Waals surface area (Å²) < 4.78 is 2.63. The maximum absolute atomic E-state index is 2.52. The molecular weight excluding hydrogens is 599 g/mol. The van der Waals surface area contributed by atoms with Crippen LogP contribution in [0.25, 0.3) is 74.4 Å². The van der Waals surface area contributed by atoms with Gasteiger partial charge in [-0.25, -0.2) is 0 Å². The molecule has 1 aromatic heterocycles. The van der Waals surface area contributed by atoms with Gasteiger partial charge in [-0.1, -0.05) is 140 Å². The van der Waals surface area contributed by atoms with Crippen LogP contribution >= 0.6 is 11.3 Å². The maximum atomic E-state index is 2.52. The molecule has 0 fully saturated rings. The van der Waals surface area contributed by atoms with Gasteiger partial charge < -0.3 is 4.90 Å². The molecule has 0 saturated carbocycles. The molecule has 1 heterocycles. The van der Waals surface area contributed by atoms with E-state index in [1.54, 1.807) is 0 Å². The molecule has 0 spiro atoms. The van der Waals surface area contributed by atoms with Gasteiger partial charge in [0.25, 0.3) is 0 Å². The van der Waals surface area contributed by atoms with Crippen LogP contribution in [0.2, 0.25) is 0 Å². The van der Waals surface area contributed by atoms with Crippen LogP contribution in [0.4, 0.5) is 17.1 Å². The Morgan fingerprint density at radius 3 is 1.85 bits per heavy atom. The lowest BCUT2D eigenvalue weighted by Gasteiger charge is -2.31. The van der Waals surface area contributed by atoms with Crippen LogP contribution in [-0.2, 0) is 0 Å². The minimum absolute atomic E-state index is 1.15. The van der Waals surface area contributed by atoms with Gasteiger partial charge >= 0.3 is 0 Å². The Hall–Kier alpha value is -5.96. The number of para-hydroxylation sites is 1. The van der Waals surface area contributed by atoms with Gasteiger partial charge in [-0.3, -0.25) is 0 Å². The fraction of sp³-hybridized carbons (Fsp3) is 0. The van der Waals surface area contributed by atoms with Gasteiger partial charge in [0, 0.05) is 36.5 Å². The number of thiophene rings is 1. The average Bonchev–Trinajstić information content (AvgIpc) is 3.52. The molecule has 0 aliphatic carbocycles. The largest absolute Gasteiger partial charge is 0.309 e. The standard InChI is InChI=1S/C46H29NS/c1-2-13-30(14-3-1)34-18-8-10-22-41(34)47(42-23-12-17-32-27-40-37-21-9-11-24-44(37)48-45(40)29-39(32)42)43-28-33-16-5-7-20-36(33)46-35-19-6-4-15-31(35)25-26-38(43)46/h1-29H. The molecule has 0 bridgehead atoms. The Kier molecular flexibility index (Phi) is 6.12. The second kappa shape index (κ2) is 10.8. The molecule has 224 valence electrons. The second-order valence-corrected chi connectivity index (χ2v) is 13.6. The van der Waals surface area contributed by atoms with Gasteiger partial charge in [0.15, 0.2) is 0 Å². The maximum Gasteiger partial charge on any atom is 0.0547 e. The van der Waals surface area contributed by atoms with E-state index in [1.807, 2.05) is 11.3 Å². The molecule has 10 aromatic rings. The number of hydrogen-bond donors (Lipinski definition) is 0. The van der Waals surface area contributed by atoms with E-state index in [-0.39, 0.29) is 0 Å². The number of hydrogen-bond acceptors (Lipinski definition) is 2. The predicted molar refractivity (Wildman–Crippen MR) is 209 cm³/mol. The van der Waals surface area contributed by atoms with E-state index in [9.17, 15) is 0 Å². The number of nitrogens with zero attached hydrogens (tertiary/aromatic N) is 1. The minimum atomic E-state index is 1.15. The molecule has 0 atom stereocenters. The Morgan fingerprint density at radius 1 is 0.333 bits per heavy atom. The van der Waals surface area contributed by atoms with Crippen molar-refractivity contribution in [3.05, 3.63) is 176 Å². The zero-order valence-corrected chi connectivity index (χ0v) is 26.9. The van der Waals surface area contributed by atoms with E-state index in [0.717, 1.165) is 5.69 Å². The van der Waals surface area contributed by atoms with E-state index >= 15 is 0 Å². The van der Waals surface area contributed by atoms with Gasteiger partial charge in [0.1, 0.15) is 0 Å². The lowest BCUT2D eigenvalue weighted by Crippen LogP contribution is -2.12. The summed E-state index contributed by atoms with van der Waals surface area (Å²) in [6.07, 6.45) is 0. The lowest BCUT2D eigenvalue weighted by atomic mass is 9.93. The van der Waals surface area contributed by atoms with Crippen LogP contribution < -0.4 is 4.90 Å². The van der Waals surface area contributed by atoms with E-state index in [0.29, 0.717) is 0 Å². The molecule has 0 radical (unpaired) electrons. The van der Waals surface area contributed by atoms with Gasteiger partial charge in [-0.05, 0) is 74.3 Å². The molecule has 10 rings (SSSR count). The Morgan fingerprint density at radius 2 is 0.979 bits per heavy atom. The van der Waals surface area contributed by atoms with Gasteiger partial charge in [-0.15, -0.1) is 11.3 Å². The van der Waals surface area contributed by atoms with Crippen LogP contribution in [0.5, 0.6) is 0 Å². The molecule has 9 aromatic carbocycles. The summed E-state index contributed by atoms with van der Waals surface area (Å²) in [5.74, 6) is 0. The summed E-state index contributed by atoms with van der Waals surface area (Å²) in [6.45, 7) is 0. The molecule has 0 amide bonds. The molecule has 0 aliphatic rings. The summed E-state index contributed by atoms with van der Waals surface area (Å²) in [7, 11) is 0. The van der Waals surface area contributed by atoms with Crippen LogP contribution in [-0.4, -0.2) is 0 Å². The highest BCUT2D eigenvalue weighted by Gasteiger charge is 2.23. The number of rotatable bonds is 4. The van der Waals surface area contributed by atoms with Crippen molar-refractivity contribution in [2.75, 3.05) is 4.90 Å². The van der Waals surface area contributed by atoms with E-state index < -0.39 is 0 Å². The van der Waals surface area contributed by atoms with E-state index in [4.69, 9.17) is 0 Å². The minimum Gasteiger partial charge on any atom is -0.309 e. The van der Waals surface area contributed by atoms with Gasteiger partial charge in [-0.2, -0.15) is 0 Å². The van der Waals surface area contributed by atoms with Crippen molar-refractivity contribution in [1.29, 1.82) is 0 Å². The first-order chi connectivity index (χ1) is 23.8. The number of anilines is 3. The van der Waals surface area contributed by atoms with Crippen molar-refractivity contribution in [2.45, 2.75) is 0 Å². The van der Waals surface area contributed by atoms with Crippen molar-refractivity contribution in [2.24, 2.45) is 0 Å². The van der Waals surface area contributed by atoms with Gasteiger partial charge in [0.2, 0.25) is 0 Å². The molecule has 2 heteroatoms. The lowest BCUT2D eigenvalue weighted by molar-refractivity contribution is 1.32. The highest BCUT2D eigenvalue weighted by molar-refractivity contribution is 7.25. The third kappa shape index (κ3) is 4.17. The number of fused-ring (bicyclic) bond motifs is 9. The monoisotopic (exact) mass is 627 g/mol. The molecule has 0 N–H and O–H groups in total. The smallest absolute Gasteiger partial charge is 0.0547 e. The highest BCUT2D eigenvalue weighted by Crippen LogP contribution is 2.49. The summed E-state index contributed by atoms with van der Waals surface area (Å²) in [5, 5.41) is 12.7. The Bertz CT molecular complexity index is 2830. The van der Waals surface area contributed by atoms with Gasteiger partial charge in [0.05, 0.1) is 17.1 Å². The third-order valence-corrected chi connectivity index (χ3v) is 10.9. The van der Waals surface area contributed by atoms with Crippen molar-refractivity contribution in [3.63, 3.8) is 0 Å². The van der Waals surface area contributed by atoms with Crippen LogP contribution in [0.1, 0.15) is 0 Å². The summed E-state index contributed by atoms with van der Waals surface area (Å²) >= 11 is 1.88. The van der Waals surface area contributed by atoms with E-state index in [2.05, 4.69) is 181 Å². The molecule has 0 unspecified atom stereocenters. The highest BCUT2D eigenvalue weighted by atomic mass is 32.1. The van der Waals surface area contributed by atoms with Crippen molar-refractivity contribution in [3.8, 4) is 11.1 Å². The zero-order valence-electron chi connectivity index (χ0n) is 26.1. The Labute approximate surface area is 282 Å². The predicted octanol–water partition coefficient (Wildman–Crippen LogP) is 13.8. The molecule has 0 saturated heterocycles. The first-order valence-corrected chi connectivity index (χ1v) is 17.3. The SMILES string of the molecule is c1ccc(-c2ccccc2N(c2cccc3cc4c(cc23)sc2ccccc24)c2cc3ccccc3c3c2ccc2ccccc23)cc1. The fourth-order valence-corrected chi connectivity index (χ4v) is 8.76. The zero-order chi connectivity index (χ0) is 31.6. The van der Waals surface area contributed by atoms with Crippen LogP contribution in [0.15, 0.2) is 176 Å². The summed E-state index contributed by atoms with van der Waals surface area (Å²) in [6, 6.07) is 64.6. The second-order valence-electron chi connectivity index (χ2n) is 12.5. The average molecular weight is 628 g/mol. The number of benzene rings is 9. The van der Waals surface area contributed by atoms with E-state index in [1.165, 1.54) is 85.8 Å². The summed E-state index contributed by atoms with van der Waals surface area (Å²) in [5.41, 5.74) is 5.88. The first-order valence-electron chi connectivity index (χ1n) is 16.4. The Balaban J connectivity index is 1.36. The fourth-order valence-electron chi connectivity index (χ4n) is 7.63. The van der Waals surface area contributed by atoms with Crippen LogP contribution in [0.3, 0.4) is 0 Å². The molecule has 0 aliphatic heterocycles. The molecular formula is C46H29NS. The molecule has 48 heavy (non-hydrogen) atoms. The summed E-state index contributed by atoms with van der Waals surface area (Å²) in [4.78, 5) is 2.52. The topological polar surface area (TPSA) is 3.24 Å². The van der Waals surface area contributed by atoms with Crippen LogP contribution in [0, 0.1) is 0 Å². The quantitative estimate of drug-likeness (QED) is 0.176. The normalized spacial score (nSPS) is 11.8. The van der Waals surface area contributed by atoms with Crippen molar-refractivity contribution >= 4 is 91.7 Å². The third-order valence-electron chi connectivity index (χ3n) is 9.79.